The molecule has 1 aromatic heterocycles. The van der Waals surface area contributed by atoms with Crippen molar-refractivity contribution in [1.82, 2.24) is 10.9 Å². The van der Waals surface area contributed by atoms with Crippen LogP contribution in [-0.2, 0) is 11.2 Å². The molecule has 7 heteroatoms. The third-order valence-corrected chi connectivity index (χ3v) is 3.04. The molecule has 1 atom stereocenters. The van der Waals surface area contributed by atoms with E-state index in [2.05, 4.69) is 10.9 Å². The van der Waals surface area contributed by atoms with Gasteiger partial charge in [-0.15, -0.1) is 0 Å². The average molecular weight is 320 g/mol. The first-order valence-corrected chi connectivity index (χ1v) is 7.11. The molecule has 1 heterocycles. The highest BCUT2D eigenvalue weighted by Gasteiger charge is 2.18. The van der Waals surface area contributed by atoms with Crippen LogP contribution in [0.3, 0.4) is 0 Å². The Hall–Kier alpha value is -2.83. The summed E-state index contributed by atoms with van der Waals surface area (Å²) in [5, 5.41) is 0. The Morgan fingerprint density at radius 3 is 2.61 bits per heavy atom. The summed E-state index contributed by atoms with van der Waals surface area (Å²) in [6.07, 6.45) is -0.331. The zero-order valence-electron chi connectivity index (χ0n) is 12.8. The van der Waals surface area contributed by atoms with Crippen molar-refractivity contribution >= 4 is 11.8 Å². The van der Waals surface area contributed by atoms with Crippen LogP contribution < -0.4 is 15.6 Å². The van der Waals surface area contributed by atoms with E-state index in [4.69, 9.17) is 9.15 Å². The Morgan fingerprint density at radius 1 is 1.22 bits per heavy atom. The van der Waals surface area contributed by atoms with Gasteiger partial charge in [-0.1, -0.05) is 19.1 Å². The number of rotatable bonds is 5. The van der Waals surface area contributed by atoms with Crippen molar-refractivity contribution in [1.29, 1.82) is 0 Å². The summed E-state index contributed by atoms with van der Waals surface area (Å²) in [7, 11) is 0. The molecule has 0 saturated heterocycles. The molecule has 2 aromatic rings. The second kappa shape index (κ2) is 7.44. The van der Waals surface area contributed by atoms with E-state index in [9.17, 15) is 14.0 Å². The highest BCUT2D eigenvalue weighted by molar-refractivity contribution is 5.93. The standard InChI is InChI=1S/C16H17FN2O4/c1-3-11-8-9-14(23-11)16(21)19-18-15(20)10(2)22-13-7-5-4-6-12(13)17/h4-10H,3H2,1-2H3,(H,18,20)(H,19,21). The molecule has 0 bridgehead atoms. The van der Waals surface area contributed by atoms with Crippen LogP contribution in [0.2, 0.25) is 0 Å². The van der Waals surface area contributed by atoms with Gasteiger partial charge in [0.25, 0.3) is 5.91 Å². The largest absolute Gasteiger partial charge is 0.478 e. The molecule has 0 aliphatic rings. The van der Waals surface area contributed by atoms with Crippen LogP contribution in [0.5, 0.6) is 5.75 Å². The van der Waals surface area contributed by atoms with Gasteiger partial charge in [0.15, 0.2) is 23.4 Å². The minimum absolute atomic E-state index is 0.0416. The molecule has 6 nitrogen and oxygen atoms in total. The van der Waals surface area contributed by atoms with Gasteiger partial charge in [-0.25, -0.2) is 4.39 Å². The SMILES string of the molecule is CCc1ccc(C(=O)NNC(=O)C(C)Oc2ccccc2F)o1. The normalized spacial score (nSPS) is 11.6. The van der Waals surface area contributed by atoms with Gasteiger partial charge < -0.3 is 9.15 Å². The maximum Gasteiger partial charge on any atom is 0.305 e. The van der Waals surface area contributed by atoms with E-state index in [-0.39, 0.29) is 11.5 Å². The average Bonchev–Trinajstić information content (AvgIpc) is 3.03. The predicted octanol–water partition coefficient (Wildman–Crippen LogP) is 2.21. The van der Waals surface area contributed by atoms with E-state index >= 15 is 0 Å². The van der Waals surface area contributed by atoms with E-state index in [0.717, 1.165) is 0 Å². The maximum absolute atomic E-state index is 13.4. The number of carbonyl (C=O) groups is 2. The highest BCUT2D eigenvalue weighted by Crippen LogP contribution is 2.16. The van der Waals surface area contributed by atoms with Crippen molar-refractivity contribution in [2.75, 3.05) is 0 Å². The van der Waals surface area contributed by atoms with Crippen LogP contribution in [0.15, 0.2) is 40.8 Å². The number of hydrazine groups is 1. The molecular weight excluding hydrogens is 303 g/mol. The first-order valence-electron chi connectivity index (χ1n) is 7.11. The summed E-state index contributed by atoms with van der Waals surface area (Å²) < 4.78 is 23.9. The van der Waals surface area contributed by atoms with Crippen molar-refractivity contribution in [3.63, 3.8) is 0 Å². The van der Waals surface area contributed by atoms with Crippen LogP contribution in [0.25, 0.3) is 0 Å². The van der Waals surface area contributed by atoms with E-state index in [1.165, 1.54) is 31.2 Å². The van der Waals surface area contributed by atoms with Gasteiger partial charge in [-0.2, -0.15) is 0 Å². The van der Waals surface area contributed by atoms with E-state index in [0.29, 0.717) is 12.2 Å². The van der Waals surface area contributed by atoms with Gasteiger partial charge in [0.05, 0.1) is 0 Å². The Bertz CT molecular complexity index is 699. The molecule has 0 aliphatic heterocycles. The molecule has 1 aromatic carbocycles. The second-order valence-electron chi connectivity index (χ2n) is 4.75. The lowest BCUT2D eigenvalue weighted by molar-refractivity contribution is -0.128. The van der Waals surface area contributed by atoms with Crippen molar-refractivity contribution in [2.24, 2.45) is 0 Å². The number of carbonyl (C=O) groups excluding carboxylic acids is 2. The number of nitrogens with one attached hydrogen (secondary N) is 2. The predicted molar refractivity (Wildman–Crippen MR) is 80.2 cm³/mol. The lowest BCUT2D eigenvalue weighted by atomic mass is 10.3. The molecule has 23 heavy (non-hydrogen) atoms. The Kier molecular flexibility index (Phi) is 5.35. The molecule has 2 N–H and O–H groups in total. The quantitative estimate of drug-likeness (QED) is 0.828. The van der Waals surface area contributed by atoms with Crippen molar-refractivity contribution < 1.29 is 23.1 Å². The van der Waals surface area contributed by atoms with Crippen molar-refractivity contribution in [3.05, 3.63) is 53.7 Å². The van der Waals surface area contributed by atoms with Gasteiger partial charge in [0, 0.05) is 6.42 Å². The Balaban J connectivity index is 1.86. The van der Waals surface area contributed by atoms with E-state index in [1.807, 2.05) is 6.92 Å². The van der Waals surface area contributed by atoms with Gasteiger partial charge in [0.2, 0.25) is 0 Å². The summed E-state index contributed by atoms with van der Waals surface area (Å²) in [6.45, 7) is 3.33. The fourth-order valence-electron chi connectivity index (χ4n) is 1.76. The smallest absolute Gasteiger partial charge is 0.305 e. The van der Waals surface area contributed by atoms with Crippen LogP contribution in [0.1, 0.15) is 30.2 Å². The minimum atomic E-state index is -0.991. The highest BCUT2D eigenvalue weighted by atomic mass is 19.1. The zero-order valence-corrected chi connectivity index (χ0v) is 12.8. The molecule has 0 aliphatic carbocycles. The molecule has 2 amide bonds. The Morgan fingerprint density at radius 2 is 1.96 bits per heavy atom. The molecule has 122 valence electrons. The van der Waals surface area contributed by atoms with Crippen molar-refractivity contribution in [2.45, 2.75) is 26.4 Å². The fraction of sp³-hybridized carbons (Fsp3) is 0.250. The number of halogens is 1. The lowest BCUT2D eigenvalue weighted by Crippen LogP contribution is -2.47. The summed E-state index contributed by atoms with van der Waals surface area (Å²) in [5.41, 5.74) is 4.41. The third kappa shape index (κ3) is 4.32. The number of hydrogen-bond acceptors (Lipinski definition) is 4. The van der Waals surface area contributed by atoms with Crippen LogP contribution >= 0.6 is 0 Å². The molecule has 2 rings (SSSR count). The summed E-state index contributed by atoms with van der Waals surface area (Å²) in [5.74, 6) is -1.07. The summed E-state index contributed by atoms with van der Waals surface area (Å²) in [6, 6.07) is 8.94. The van der Waals surface area contributed by atoms with Crippen molar-refractivity contribution in [3.8, 4) is 5.75 Å². The number of aryl methyl sites for hydroxylation is 1. The molecule has 1 unspecified atom stereocenters. The zero-order chi connectivity index (χ0) is 16.8. The number of furan rings is 1. The minimum Gasteiger partial charge on any atom is -0.478 e. The van der Waals surface area contributed by atoms with Crippen LogP contribution in [0, 0.1) is 5.82 Å². The van der Waals surface area contributed by atoms with Gasteiger partial charge in [-0.05, 0) is 31.2 Å². The number of hydrogen-bond donors (Lipinski definition) is 2. The number of ether oxygens (including phenoxy) is 1. The van der Waals surface area contributed by atoms with E-state index < -0.39 is 23.7 Å². The third-order valence-electron chi connectivity index (χ3n) is 3.04. The summed E-state index contributed by atoms with van der Waals surface area (Å²) in [4.78, 5) is 23.6. The number of para-hydroxylation sites is 1. The van der Waals surface area contributed by atoms with Gasteiger partial charge >= 0.3 is 5.91 Å². The molecule has 0 spiro atoms. The van der Waals surface area contributed by atoms with E-state index in [1.54, 1.807) is 12.1 Å². The first kappa shape index (κ1) is 16.5. The Labute approximate surface area is 132 Å². The molecule has 0 radical (unpaired) electrons. The topological polar surface area (TPSA) is 80.6 Å². The summed E-state index contributed by atoms with van der Waals surface area (Å²) >= 11 is 0. The number of benzene rings is 1. The number of amides is 2. The van der Waals surface area contributed by atoms with Crippen LogP contribution in [-0.4, -0.2) is 17.9 Å². The second-order valence-corrected chi connectivity index (χ2v) is 4.75. The molecular formula is C16H17FN2O4. The van der Waals surface area contributed by atoms with Gasteiger partial charge in [0.1, 0.15) is 5.76 Å². The maximum atomic E-state index is 13.4. The lowest BCUT2D eigenvalue weighted by Gasteiger charge is -2.15. The first-order chi connectivity index (χ1) is 11.0. The van der Waals surface area contributed by atoms with Gasteiger partial charge in [-0.3, -0.25) is 20.4 Å². The fourth-order valence-corrected chi connectivity index (χ4v) is 1.76. The molecule has 0 fully saturated rings. The monoisotopic (exact) mass is 320 g/mol. The van der Waals surface area contributed by atoms with Crippen LogP contribution in [0.4, 0.5) is 4.39 Å². The molecule has 0 saturated carbocycles.